The number of rotatable bonds is 0. The molecule has 0 atom stereocenters. The molecule has 0 radical (unpaired) electrons. The van der Waals surface area contributed by atoms with E-state index < -0.39 is 0 Å². The minimum absolute atomic E-state index is 0. The molecule has 0 spiro atoms. The van der Waals surface area contributed by atoms with E-state index >= 15 is 0 Å². The maximum atomic E-state index is 2.93. The topological polar surface area (TPSA) is 0 Å². The molecule has 0 bridgehead atoms. The Morgan fingerprint density at radius 1 is 0.700 bits per heavy atom. The van der Waals surface area contributed by atoms with Crippen molar-refractivity contribution in [2.45, 2.75) is 13.8 Å². The predicted molar refractivity (Wildman–Crippen MR) is 82.1 cm³/mol. The summed E-state index contributed by atoms with van der Waals surface area (Å²) in [5.74, 6) is 0. The number of hydrogen-bond acceptors (Lipinski definition) is 0. The van der Waals surface area contributed by atoms with Crippen molar-refractivity contribution in [3.8, 4) is 0 Å². The Balaban J connectivity index is 0.000000268. The summed E-state index contributed by atoms with van der Waals surface area (Å²) in [6.07, 6.45) is 0. The molecule has 1 heteroatoms. The van der Waals surface area contributed by atoms with Crippen LogP contribution in [-0.2, 0) is 25.8 Å². The van der Waals surface area contributed by atoms with E-state index in [1.165, 1.54) is 11.1 Å². The van der Waals surface area contributed by atoms with Gasteiger partial charge in [0.05, 0.1) is 0 Å². The van der Waals surface area contributed by atoms with E-state index in [4.69, 9.17) is 0 Å². The zero-order chi connectivity index (χ0) is 13.8. The molecule has 98 valence electrons. The van der Waals surface area contributed by atoms with Crippen LogP contribution in [0.25, 0.3) is 0 Å². The van der Waals surface area contributed by atoms with Gasteiger partial charge in [0.15, 0.2) is 0 Å². The normalized spacial score (nSPS) is 8.10. The van der Waals surface area contributed by atoms with Gasteiger partial charge in [-0.15, -0.1) is 0 Å². The van der Waals surface area contributed by atoms with Crippen molar-refractivity contribution in [3.63, 3.8) is 0 Å². The molecule has 0 fully saturated rings. The second-order valence-electron chi connectivity index (χ2n) is 4.12. The second-order valence-corrected chi connectivity index (χ2v) is 4.12. The van der Waals surface area contributed by atoms with Gasteiger partial charge in [-0.2, -0.15) is 90.0 Å². The fraction of sp³-hybridized carbons (Fsp3) is 0.105. The molecule has 0 nitrogen and oxygen atoms in total. The van der Waals surface area contributed by atoms with Gasteiger partial charge in [0, 0.05) is 0 Å². The average molecular weight is 292 g/mol. The van der Waals surface area contributed by atoms with Crippen LogP contribution in [0, 0.1) is 26.0 Å². The first-order valence-electron chi connectivity index (χ1n) is 6.31. The molecule has 0 aliphatic carbocycles. The number of benzene rings is 2. The van der Waals surface area contributed by atoms with Crippen LogP contribution in [0.2, 0.25) is 0 Å². The van der Waals surface area contributed by atoms with Gasteiger partial charge in [0.1, 0.15) is 0 Å². The quantitative estimate of drug-likeness (QED) is 0.512. The van der Waals surface area contributed by atoms with E-state index in [0.29, 0.717) is 0 Å². The van der Waals surface area contributed by atoms with Gasteiger partial charge in [-0.25, -0.2) is 12.1 Å². The van der Waals surface area contributed by atoms with Gasteiger partial charge in [-0.1, -0.05) is 13.8 Å². The van der Waals surface area contributed by atoms with Crippen molar-refractivity contribution in [1.82, 2.24) is 0 Å². The monoisotopic (exact) mass is 292 g/mol. The van der Waals surface area contributed by atoms with Gasteiger partial charge in [0.25, 0.3) is 0 Å². The molecule has 0 aliphatic heterocycles. The fourth-order valence-electron chi connectivity index (χ4n) is 1.26. The Labute approximate surface area is 141 Å². The van der Waals surface area contributed by atoms with Crippen molar-refractivity contribution < 1.29 is 25.8 Å². The summed E-state index contributed by atoms with van der Waals surface area (Å²) in [5.41, 5.74) is 2.58. The fourth-order valence-corrected chi connectivity index (χ4v) is 1.26. The summed E-state index contributed by atoms with van der Waals surface area (Å²) in [6.45, 7) is 4.13. The Kier molecular flexibility index (Phi) is 11.8. The van der Waals surface area contributed by atoms with Gasteiger partial charge in [-0.3, -0.25) is 0 Å². The SMILES string of the molecule is Cc1cc[c-]cc1.Cc1cc[c-]cc1.[Sc+3].c1cc[cH-]c1. The number of hydrogen-bond donors (Lipinski definition) is 0. The molecule has 0 aliphatic rings. The van der Waals surface area contributed by atoms with Crippen LogP contribution in [0.1, 0.15) is 11.1 Å². The Bertz CT molecular complexity index is 443. The van der Waals surface area contributed by atoms with Crippen LogP contribution in [0.4, 0.5) is 0 Å². The third kappa shape index (κ3) is 10.6. The van der Waals surface area contributed by atoms with Crippen LogP contribution in [0.3, 0.4) is 0 Å². The van der Waals surface area contributed by atoms with Crippen molar-refractivity contribution >= 4 is 0 Å². The third-order valence-corrected chi connectivity index (χ3v) is 2.33. The minimum atomic E-state index is 0. The standard InChI is InChI=1S/2C7H7.C5H5.Sc/c2*1-7-5-3-2-4-6-7;1-2-4-5-3-1;/h2*3-6H,1H3;1-5H;/q3*-1;+3. The summed E-state index contributed by atoms with van der Waals surface area (Å²) < 4.78 is 0. The van der Waals surface area contributed by atoms with Gasteiger partial charge in [-0.05, 0) is 0 Å². The van der Waals surface area contributed by atoms with E-state index in [2.05, 4.69) is 26.0 Å². The van der Waals surface area contributed by atoms with E-state index in [1.54, 1.807) is 0 Å². The number of aryl methyl sites for hydroxylation is 2. The van der Waals surface area contributed by atoms with E-state index in [1.807, 2.05) is 78.9 Å². The van der Waals surface area contributed by atoms with Crippen molar-refractivity contribution in [2.24, 2.45) is 0 Å². The molecule has 0 heterocycles. The first-order valence-corrected chi connectivity index (χ1v) is 6.31. The molecule has 3 aromatic carbocycles. The Hall–Kier alpha value is -1.34. The van der Waals surface area contributed by atoms with Crippen LogP contribution in [-0.4, -0.2) is 0 Å². The van der Waals surface area contributed by atoms with Gasteiger partial charge in [0.2, 0.25) is 0 Å². The molecule has 0 aromatic heterocycles. The first kappa shape index (κ1) is 18.7. The summed E-state index contributed by atoms with van der Waals surface area (Å²) in [4.78, 5) is 0. The Morgan fingerprint density at radius 3 is 1.20 bits per heavy atom. The van der Waals surface area contributed by atoms with E-state index in [-0.39, 0.29) is 25.8 Å². The van der Waals surface area contributed by atoms with Crippen molar-refractivity contribution in [1.29, 1.82) is 0 Å². The molecule has 0 saturated carbocycles. The van der Waals surface area contributed by atoms with Crippen molar-refractivity contribution in [2.75, 3.05) is 0 Å². The summed E-state index contributed by atoms with van der Waals surface area (Å²) in [6, 6.07) is 31.6. The minimum Gasteiger partial charge on any atom is -0.214 e. The van der Waals surface area contributed by atoms with Gasteiger partial charge >= 0.3 is 25.8 Å². The smallest absolute Gasteiger partial charge is 0.214 e. The second kappa shape index (κ2) is 12.7. The van der Waals surface area contributed by atoms with E-state index in [0.717, 1.165) is 0 Å². The summed E-state index contributed by atoms with van der Waals surface area (Å²) in [7, 11) is 0. The molecule has 0 saturated heterocycles. The van der Waals surface area contributed by atoms with Crippen LogP contribution >= 0.6 is 0 Å². The molecular weight excluding hydrogens is 273 g/mol. The largest absolute Gasteiger partial charge is 3.00 e. The predicted octanol–water partition coefficient (Wildman–Crippen LogP) is 4.99. The molecule has 3 aromatic rings. The van der Waals surface area contributed by atoms with Crippen LogP contribution < -0.4 is 0 Å². The average Bonchev–Trinajstić information content (AvgIpc) is 3.00. The van der Waals surface area contributed by atoms with Crippen LogP contribution in [0.5, 0.6) is 0 Å². The summed E-state index contributed by atoms with van der Waals surface area (Å²) >= 11 is 0. The zero-order valence-electron chi connectivity index (χ0n) is 12.1. The van der Waals surface area contributed by atoms with Crippen LogP contribution in [0.15, 0.2) is 78.9 Å². The molecule has 0 amide bonds. The molecule has 0 unspecified atom stereocenters. The first-order chi connectivity index (χ1) is 9.29. The van der Waals surface area contributed by atoms with E-state index in [9.17, 15) is 0 Å². The molecule has 20 heavy (non-hydrogen) atoms. The zero-order valence-corrected chi connectivity index (χ0v) is 13.9. The maximum absolute atomic E-state index is 2.93. The molecule has 0 N–H and O–H groups in total. The van der Waals surface area contributed by atoms with Crippen molar-refractivity contribution in [3.05, 3.63) is 102 Å². The van der Waals surface area contributed by atoms with Gasteiger partial charge < -0.3 is 0 Å². The maximum Gasteiger partial charge on any atom is 3.00 e. The molecular formula is C19H19Sc. The summed E-state index contributed by atoms with van der Waals surface area (Å²) in [5, 5.41) is 0. The Morgan fingerprint density at radius 2 is 1.05 bits per heavy atom. The third-order valence-electron chi connectivity index (χ3n) is 2.33. The molecule has 3 rings (SSSR count).